The fraction of sp³-hybridized carbons (Fsp3) is 0. The minimum Gasteiger partial charge on any atom is -0.211 e. The lowest BCUT2D eigenvalue weighted by atomic mass is 10.1. The van der Waals surface area contributed by atoms with E-state index in [-0.39, 0.29) is 0 Å². The largest absolute Gasteiger partial charge is 0.240 e. The second-order valence-electron chi connectivity index (χ2n) is 3.32. The SMILES string of the molecule is O=C=Nc1ccc(Cl)c(-c2ccccc2)c1Cl. The lowest BCUT2D eigenvalue weighted by molar-refractivity contribution is 0.565. The molecule has 0 aliphatic carbocycles. The van der Waals surface area contributed by atoms with E-state index < -0.39 is 0 Å². The van der Waals surface area contributed by atoms with Crippen LogP contribution in [0.1, 0.15) is 0 Å². The van der Waals surface area contributed by atoms with Crippen molar-refractivity contribution in [3.05, 3.63) is 52.5 Å². The fourth-order valence-electron chi connectivity index (χ4n) is 1.55. The van der Waals surface area contributed by atoms with Gasteiger partial charge in [0.2, 0.25) is 6.08 Å². The zero-order valence-corrected chi connectivity index (χ0v) is 10.2. The Labute approximate surface area is 109 Å². The summed E-state index contributed by atoms with van der Waals surface area (Å²) in [6, 6.07) is 12.7. The normalized spacial score (nSPS) is 9.76. The highest BCUT2D eigenvalue weighted by molar-refractivity contribution is 6.40. The van der Waals surface area contributed by atoms with E-state index in [9.17, 15) is 4.79 Å². The van der Waals surface area contributed by atoms with Gasteiger partial charge in [-0.3, -0.25) is 0 Å². The smallest absolute Gasteiger partial charge is 0.211 e. The molecule has 0 aliphatic heterocycles. The van der Waals surface area contributed by atoms with Crippen LogP contribution in [0.3, 0.4) is 0 Å². The topological polar surface area (TPSA) is 29.4 Å². The van der Waals surface area contributed by atoms with E-state index in [0.717, 1.165) is 5.56 Å². The molecule has 0 radical (unpaired) electrons. The highest BCUT2D eigenvalue weighted by atomic mass is 35.5. The van der Waals surface area contributed by atoms with Crippen LogP contribution in [-0.2, 0) is 4.79 Å². The molecule has 0 N–H and O–H groups in total. The Morgan fingerprint density at radius 2 is 1.71 bits per heavy atom. The van der Waals surface area contributed by atoms with Crippen LogP contribution in [-0.4, -0.2) is 6.08 Å². The lowest BCUT2D eigenvalue weighted by Crippen LogP contribution is -1.82. The molecule has 2 aromatic carbocycles. The first-order valence-corrected chi connectivity index (χ1v) is 5.61. The molecular weight excluding hydrogens is 257 g/mol. The average Bonchev–Trinajstić information content (AvgIpc) is 2.35. The van der Waals surface area contributed by atoms with Crippen LogP contribution in [0.25, 0.3) is 11.1 Å². The molecule has 2 rings (SSSR count). The number of carbonyl (C=O) groups excluding carboxylic acids is 1. The molecule has 17 heavy (non-hydrogen) atoms. The standard InChI is InChI=1S/C13H7Cl2NO/c14-10-6-7-11(16-8-17)13(15)12(10)9-4-2-1-3-5-9/h1-7H. The first kappa shape index (κ1) is 11.9. The predicted octanol–water partition coefficient (Wildman–Crippen LogP) is 4.63. The number of hydrogen-bond donors (Lipinski definition) is 0. The highest BCUT2D eigenvalue weighted by Crippen LogP contribution is 2.40. The van der Waals surface area contributed by atoms with Gasteiger partial charge in [0.1, 0.15) is 0 Å². The van der Waals surface area contributed by atoms with Crippen LogP contribution in [0.5, 0.6) is 0 Å². The van der Waals surface area contributed by atoms with Gasteiger partial charge in [0.15, 0.2) is 0 Å². The maximum atomic E-state index is 10.3. The van der Waals surface area contributed by atoms with Crippen molar-refractivity contribution in [1.82, 2.24) is 0 Å². The quantitative estimate of drug-likeness (QED) is 0.574. The fourth-order valence-corrected chi connectivity index (χ4v) is 2.18. The van der Waals surface area contributed by atoms with Crippen molar-refractivity contribution < 1.29 is 4.79 Å². The molecule has 2 nitrogen and oxygen atoms in total. The summed E-state index contributed by atoms with van der Waals surface area (Å²) in [7, 11) is 0. The first-order valence-electron chi connectivity index (χ1n) is 4.85. The van der Waals surface area contributed by atoms with Gasteiger partial charge in [0.05, 0.1) is 15.7 Å². The van der Waals surface area contributed by atoms with Crippen LogP contribution >= 0.6 is 23.2 Å². The van der Waals surface area contributed by atoms with Gasteiger partial charge in [-0.15, -0.1) is 0 Å². The number of hydrogen-bond acceptors (Lipinski definition) is 2. The Morgan fingerprint density at radius 3 is 2.35 bits per heavy atom. The third kappa shape index (κ3) is 2.40. The van der Waals surface area contributed by atoms with Crippen LogP contribution in [0.15, 0.2) is 47.5 Å². The summed E-state index contributed by atoms with van der Waals surface area (Å²) in [5.41, 5.74) is 1.92. The van der Waals surface area contributed by atoms with E-state index in [1.807, 2.05) is 30.3 Å². The molecular formula is C13H7Cl2NO. The summed E-state index contributed by atoms with van der Waals surface area (Å²) >= 11 is 12.3. The van der Waals surface area contributed by atoms with Crippen molar-refractivity contribution in [2.75, 3.05) is 0 Å². The van der Waals surface area contributed by atoms with E-state index >= 15 is 0 Å². The highest BCUT2D eigenvalue weighted by Gasteiger charge is 2.11. The van der Waals surface area contributed by atoms with Gasteiger partial charge < -0.3 is 0 Å². The van der Waals surface area contributed by atoms with Gasteiger partial charge in [-0.2, -0.15) is 4.99 Å². The van der Waals surface area contributed by atoms with Crippen molar-refractivity contribution in [3.8, 4) is 11.1 Å². The van der Waals surface area contributed by atoms with Gasteiger partial charge in [-0.1, -0.05) is 53.5 Å². The number of rotatable bonds is 2. The monoisotopic (exact) mass is 263 g/mol. The molecule has 0 unspecified atom stereocenters. The first-order chi connectivity index (χ1) is 8.24. The summed E-state index contributed by atoms with van der Waals surface area (Å²) in [5.74, 6) is 0. The number of aliphatic imine (C=N–C) groups is 1. The van der Waals surface area contributed by atoms with Gasteiger partial charge in [-0.05, 0) is 17.7 Å². The minimum atomic E-state index is 0.354. The number of nitrogens with zero attached hydrogens (tertiary/aromatic N) is 1. The summed E-state index contributed by atoms with van der Waals surface area (Å²) < 4.78 is 0. The summed E-state index contributed by atoms with van der Waals surface area (Å²) in [6.45, 7) is 0. The third-order valence-corrected chi connectivity index (χ3v) is 3.00. The summed E-state index contributed by atoms with van der Waals surface area (Å²) in [6.07, 6.45) is 1.47. The van der Waals surface area contributed by atoms with Gasteiger partial charge in [0.25, 0.3) is 0 Å². The van der Waals surface area contributed by atoms with Crippen molar-refractivity contribution in [1.29, 1.82) is 0 Å². The van der Waals surface area contributed by atoms with Crippen LogP contribution in [0.4, 0.5) is 5.69 Å². The third-order valence-electron chi connectivity index (χ3n) is 2.30. The average molecular weight is 264 g/mol. The number of halogens is 2. The lowest BCUT2D eigenvalue weighted by Gasteiger charge is -2.08. The summed E-state index contributed by atoms with van der Waals surface area (Å²) in [5, 5.41) is 0.873. The Bertz CT molecular complexity index is 590. The number of benzene rings is 2. The van der Waals surface area contributed by atoms with Crippen molar-refractivity contribution in [2.45, 2.75) is 0 Å². The molecule has 0 bridgehead atoms. The predicted molar refractivity (Wildman–Crippen MR) is 69.7 cm³/mol. The van der Waals surface area contributed by atoms with Crippen molar-refractivity contribution in [3.63, 3.8) is 0 Å². The maximum absolute atomic E-state index is 10.3. The minimum absolute atomic E-state index is 0.354. The molecule has 0 aromatic heterocycles. The molecule has 84 valence electrons. The van der Waals surface area contributed by atoms with E-state index in [1.54, 1.807) is 12.1 Å². The van der Waals surface area contributed by atoms with Crippen LogP contribution in [0.2, 0.25) is 10.0 Å². The second kappa shape index (κ2) is 5.15. The summed E-state index contributed by atoms with van der Waals surface area (Å²) in [4.78, 5) is 13.8. The van der Waals surface area contributed by atoms with E-state index in [4.69, 9.17) is 23.2 Å². The molecule has 0 amide bonds. The van der Waals surface area contributed by atoms with Crippen LogP contribution in [0, 0.1) is 0 Å². The Hall–Kier alpha value is -1.60. The molecule has 0 fully saturated rings. The van der Waals surface area contributed by atoms with Gasteiger partial charge in [-0.25, -0.2) is 4.79 Å². The van der Waals surface area contributed by atoms with Gasteiger partial charge >= 0.3 is 0 Å². The van der Waals surface area contributed by atoms with Gasteiger partial charge in [0, 0.05) is 5.56 Å². The molecule has 4 heteroatoms. The van der Waals surface area contributed by atoms with E-state index in [1.165, 1.54) is 6.08 Å². The number of isocyanates is 1. The van der Waals surface area contributed by atoms with Crippen molar-refractivity contribution in [2.24, 2.45) is 4.99 Å². The van der Waals surface area contributed by atoms with E-state index in [0.29, 0.717) is 21.3 Å². The molecule has 0 atom stereocenters. The molecule has 2 aromatic rings. The molecule has 0 aliphatic rings. The van der Waals surface area contributed by atoms with E-state index in [2.05, 4.69) is 4.99 Å². The Morgan fingerprint density at radius 1 is 1.00 bits per heavy atom. The zero-order valence-electron chi connectivity index (χ0n) is 8.65. The zero-order chi connectivity index (χ0) is 12.3. The second-order valence-corrected chi connectivity index (χ2v) is 4.11. The maximum Gasteiger partial charge on any atom is 0.240 e. The van der Waals surface area contributed by atoms with Crippen molar-refractivity contribution >= 4 is 35.0 Å². The Balaban J connectivity index is 2.69. The molecule has 0 heterocycles. The molecule has 0 spiro atoms. The van der Waals surface area contributed by atoms with Crippen LogP contribution < -0.4 is 0 Å². The molecule has 0 saturated carbocycles. The Kier molecular flexibility index (Phi) is 3.60. The molecule has 0 saturated heterocycles.